The zero-order chi connectivity index (χ0) is 55.9. The number of cyclic esters (lactones) is 1. The highest BCUT2D eigenvalue weighted by Gasteiger charge is 2.56. The van der Waals surface area contributed by atoms with Gasteiger partial charge in [-0.05, 0) is 139 Å². The maximum absolute atomic E-state index is 15.6. The van der Waals surface area contributed by atoms with Crippen LogP contribution in [0.1, 0.15) is 134 Å². The zero-order valence-corrected chi connectivity index (χ0v) is 48.4. The number of fused-ring (bicyclic) bond motifs is 4. The standard InChI is InChI=1S/C63H82N10O8/c1-37-51(48-12-8-9-18-64-48)52(37)58(74)67-55-57(71-19-10-11-20-71)49-35-79-59(66-49)39-13-16-50-45(30-39)47(33-62(3,4)36-80-61(76)54-40-28-42(29-40)73(68-54)60(55)75)56(72(50)25-27-78-44-17-26-81-63(5,6)32-44)46-31-43(34-65-53(46)38(2)77-7)70-23-21-69(22-24-70)41-14-15-41/h8-9,12-13,16,18,30-31,34-35,37-38,40-42,44,51-52,54-55,57,68H,10-11,14-15,17,19-29,32-33,36H2,1-7H3,(H,67,74)/t37-,38-,40?,42?,44-,51-,52+,54-,55-,57+/m0/s1. The van der Waals surface area contributed by atoms with Crippen LogP contribution in [0, 0.1) is 23.2 Å². The Morgan fingerprint density at radius 1 is 0.938 bits per heavy atom. The van der Waals surface area contributed by atoms with Crippen LogP contribution in [-0.4, -0.2) is 154 Å². The minimum atomic E-state index is -1.06. The number of nitrogens with one attached hydrogen (secondary N) is 2. The van der Waals surface area contributed by atoms with Crippen molar-refractivity contribution in [1.82, 2.24) is 45.1 Å². The largest absolute Gasteiger partial charge is 0.464 e. The van der Waals surface area contributed by atoms with Gasteiger partial charge in [0.2, 0.25) is 11.8 Å². The molecule has 10 heterocycles. The van der Waals surface area contributed by atoms with E-state index in [0.29, 0.717) is 69.7 Å². The number of ether oxygens (including phenoxy) is 4. The highest BCUT2D eigenvalue weighted by molar-refractivity contribution is 5.95. The van der Waals surface area contributed by atoms with Crippen LogP contribution in [0.5, 0.6) is 0 Å². The number of aromatic nitrogens is 4. The Hall–Kier alpha value is -5.76. The van der Waals surface area contributed by atoms with E-state index in [1.54, 1.807) is 24.6 Å². The van der Waals surface area contributed by atoms with Gasteiger partial charge in [0.15, 0.2) is 0 Å². The molecule has 0 unspecified atom stereocenters. The van der Waals surface area contributed by atoms with Crippen LogP contribution in [0.3, 0.4) is 0 Å². The number of methoxy groups -OCH3 is 1. The number of amides is 2. The van der Waals surface area contributed by atoms with Gasteiger partial charge in [-0.3, -0.25) is 39.2 Å². The van der Waals surface area contributed by atoms with Gasteiger partial charge in [0, 0.05) is 116 Å². The molecule has 3 aliphatic carbocycles. The highest BCUT2D eigenvalue weighted by Crippen LogP contribution is 2.53. The molecule has 3 saturated carbocycles. The molecule has 2 N–H and O–H groups in total. The summed E-state index contributed by atoms with van der Waals surface area (Å²) in [5.74, 6) is -0.877. The van der Waals surface area contributed by atoms with Crippen molar-refractivity contribution < 1.29 is 37.7 Å². The fourth-order valence-corrected chi connectivity index (χ4v) is 14.5. The van der Waals surface area contributed by atoms with Gasteiger partial charge in [-0.1, -0.05) is 26.8 Å². The molecule has 18 nitrogen and oxygen atoms in total. The molecule has 1 aromatic carbocycles. The second-order valence-corrected chi connectivity index (χ2v) is 26.1. The number of benzene rings is 1. The molecule has 6 aliphatic heterocycles. The summed E-state index contributed by atoms with van der Waals surface area (Å²) in [6.07, 6.45) is 13.1. The number of esters is 1. The molecule has 2 amide bonds. The van der Waals surface area contributed by atoms with E-state index in [-0.39, 0.29) is 71.9 Å². The first-order valence-electron chi connectivity index (χ1n) is 30.2. The lowest BCUT2D eigenvalue weighted by atomic mass is 9.73. The van der Waals surface area contributed by atoms with Crippen LogP contribution in [0.2, 0.25) is 0 Å². The summed E-state index contributed by atoms with van der Waals surface area (Å²) in [6.45, 7) is 19.8. The number of carbonyl (C=O) groups excluding carboxylic acids is 3. The number of piperazine rings is 1. The number of hydrogen-bond acceptors (Lipinski definition) is 15. The van der Waals surface area contributed by atoms with Crippen molar-refractivity contribution in [2.75, 3.05) is 71.1 Å². The number of oxazole rings is 1. The molecule has 18 heteroatoms. The lowest BCUT2D eigenvalue weighted by molar-refractivity contribution is -0.172. The van der Waals surface area contributed by atoms with E-state index in [1.807, 2.05) is 24.4 Å². The first-order chi connectivity index (χ1) is 39.1. The SMILES string of the molecule is CO[C@@H](C)c1ncc(N2CCN(C3CC3)CC2)cc1-c1c2c3cc(ccc3n1CCO[C@H]1CCOC(C)(C)C1)-c1nc(co1)[C@@H](N1CCCC1)[C@H](NC(=O)[C@@H]1[C@@H](C)[C@H]1c1ccccn1)C(=O)N1N[C@H](C(=O)OCC(C)(C)C2)C2CC1C2. The minimum Gasteiger partial charge on any atom is -0.464 e. The van der Waals surface area contributed by atoms with Crippen molar-refractivity contribution in [2.45, 2.75) is 160 Å². The highest BCUT2D eigenvalue weighted by atomic mass is 16.5. The second-order valence-electron chi connectivity index (χ2n) is 26.1. The molecule has 5 saturated heterocycles. The summed E-state index contributed by atoms with van der Waals surface area (Å²) < 4.78 is 34.6. The molecule has 14 rings (SSSR count). The van der Waals surface area contributed by atoms with E-state index < -0.39 is 23.5 Å². The lowest BCUT2D eigenvalue weighted by Gasteiger charge is -2.53. The predicted molar refractivity (Wildman–Crippen MR) is 306 cm³/mol. The third-order valence-corrected chi connectivity index (χ3v) is 19.3. The number of rotatable bonds is 13. The zero-order valence-electron chi connectivity index (χ0n) is 48.4. The average Bonchev–Trinajstić information content (AvgIpc) is 4.29. The van der Waals surface area contributed by atoms with Crippen molar-refractivity contribution in [3.63, 3.8) is 0 Å². The summed E-state index contributed by atoms with van der Waals surface area (Å²) in [5, 5.41) is 5.98. The smallest absolute Gasteiger partial charge is 0.325 e. The van der Waals surface area contributed by atoms with E-state index >= 15 is 4.79 Å². The third-order valence-electron chi connectivity index (χ3n) is 19.3. The number of pyridine rings is 2. The normalized spacial score (nSPS) is 29.9. The lowest BCUT2D eigenvalue weighted by Crippen LogP contribution is -2.72. The van der Waals surface area contributed by atoms with Crippen LogP contribution in [0.4, 0.5) is 5.69 Å². The summed E-state index contributed by atoms with van der Waals surface area (Å²) in [5.41, 5.74) is 10.8. The van der Waals surface area contributed by atoms with Crippen LogP contribution < -0.4 is 15.6 Å². The van der Waals surface area contributed by atoms with E-state index in [4.69, 9.17) is 33.3 Å². The van der Waals surface area contributed by atoms with Gasteiger partial charge in [-0.25, -0.2) is 10.4 Å². The molecule has 81 heavy (non-hydrogen) atoms. The molecule has 8 atom stereocenters. The number of likely N-dealkylation sites (tertiary alicyclic amines) is 1. The van der Waals surface area contributed by atoms with Crippen molar-refractivity contribution in [1.29, 1.82) is 0 Å². The van der Waals surface area contributed by atoms with E-state index in [2.05, 4.69) is 101 Å². The van der Waals surface area contributed by atoms with E-state index in [0.717, 1.165) is 102 Å². The maximum atomic E-state index is 15.6. The second kappa shape index (κ2) is 21.8. The van der Waals surface area contributed by atoms with Crippen molar-refractivity contribution in [3.05, 3.63) is 83.8 Å². The van der Waals surface area contributed by atoms with Crippen molar-refractivity contribution >= 4 is 34.4 Å². The Morgan fingerprint density at radius 3 is 2.48 bits per heavy atom. The van der Waals surface area contributed by atoms with E-state index in [1.165, 1.54) is 12.8 Å². The van der Waals surface area contributed by atoms with Crippen molar-refractivity contribution in [2.24, 2.45) is 23.2 Å². The van der Waals surface area contributed by atoms with Crippen LogP contribution in [0.25, 0.3) is 33.6 Å². The fraction of sp³-hybridized carbons (Fsp3) is 0.619. The first kappa shape index (κ1) is 54.5. The fourth-order valence-electron chi connectivity index (χ4n) is 14.5. The maximum Gasteiger partial charge on any atom is 0.325 e. The topological polar surface area (TPSA) is 182 Å². The number of hydrogen-bond donors (Lipinski definition) is 2. The Labute approximate surface area is 475 Å². The molecular weight excluding hydrogens is 1020 g/mol. The Bertz CT molecular complexity index is 3140. The third kappa shape index (κ3) is 10.7. The van der Waals surface area contributed by atoms with Gasteiger partial charge < -0.3 is 38.1 Å². The Kier molecular flexibility index (Phi) is 14.6. The molecule has 8 bridgehead atoms. The summed E-state index contributed by atoms with van der Waals surface area (Å²) >= 11 is 0. The van der Waals surface area contributed by atoms with E-state index in [9.17, 15) is 9.59 Å². The number of anilines is 1. The Morgan fingerprint density at radius 2 is 1.74 bits per heavy atom. The molecule has 0 spiro atoms. The number of nitrogens with zero attached hydrogens (tertiary/aromatic N) is 8. The quantitative estimate of drug-likeness (QED) is 0.108. The van der Waals surface area contributed by atoms with Crippen LogP contribution in [0.15, 0.2) is 65.5 Å². The van der Waals surface area contributed by atoms with Gasteiger partial charge >= 0.3 is 5.97 Å². The van der Waals surface area contributed by atoms with Gasteiger partial charge in [-0.15, -0.1) is 0 Å². The molecule has 4 aromatic heterocycles. The average molecular weight is 1110 g/mol. The van der Waals surface area contributed by atoms with Crippen molar-refractivity contribution in [3.8, 4) is 22.7 Å². The van der Waals surface area contributed by atoms with Gasteiger partial charge in [0.25, 0.3) is 5.91 Å². The van der Waals surface area contributed by atoms with Gasteiger partial charge in [0.05, 0.1) is 66.0 Å². The predicted octanol–water partition coefficient (Wildman–Crippen LogP) is 8.01. The monoisotopic (exact) mass is 1110 g/mol. The molecular formula is C63H82N10O8. The molecule has 432 valence electrons. The Balaban J connectivity index is 0.944. The van der Waals surface area contributed by atoms with Gasteiger partial charge in [0.1, 0.15) is 18.3 Å². The summed E-state index contributed by atoms with van der Waals surface area (Å²) in [6, 6.07) is 12.7. The summed E-state index contributed by atoms with van der Waals surface area (Å²) in [7, 11) is 1.74. The molecule has 8 fully saturated rings. The van der Waals surface area contributed by atoms with Crippen LogP contribution >= 0.6 is 0 Å². The number of hydrazine groups is 1. The molecule has 9 aliphatic rings. The van der Waals surface area contributed by atoms with Gasteiger partial charge in [-0.2, -0.15) is 0 Å². The molecule has 5 aromatic rings. The minimum absolute atomic E-state index is 0.00213. The molecule has 0 radical (unpaired) electrons. The first-order valence-corrected chi connectivity index (χ1v) is 30.2. The van der Waals surface area contributed by atoms with Crippen LogP contribution in [-0.2, 0) is 46.3 Å². The summed E-state index contributed by atoms with van der Waals surface area (Å²) in [4.78, 5) is 67.7. The number of carbonyl (C=O) groups is 3.